The third-order valence-corrected chi connectivity index (χ3v) is 6.16. The molecule has 0 spiro atoms. The van der Waals surface area contributed by atoms with Crippen LogP contribution in [-0.4, -0.2) is 48.8 Å². The number of pyridine rings is 1. The minimum absolute atomic E-state index is 0.0819. The largest absolute Gasteiger partial charge is 0.487 e. The van der Waals surface area contributed by atoms with Gasteiger partial charge in [0, 0.05) is 13.5 Å². The van der Waals surface area contributed by atoms with Crippen LogP contribution in [0.1, 0.15) is 42.4 Å². The predicted molar refractivity (Wildman–Crippen MR) is 153 cm³/mol. The quantitative estimate of drug-likeness (QED) is 0.313. The molecular weight excluding hydrogens is 557 g/mol. The lowest BCUT2D eigenvalue weighted by Crippen LogP contribution is -2.43. The maximum absolute atomic E-state index is 12.8. The van der Waals surface area contributed by atoms with Crippen LogP contribution in [0, 0.1) is 0 Å². The van der Waals surface area contributed by atoms with E-state index in [4.69, 9.17) is 37.4 Å². The lowest BCUT2D eigenvalue weighted by atomic mass is 10.0. The van der Waals surface area contributed by atoms with Gasteiger partial charge in [0.1, 0.15) is 29.8 Å². The third-order valence-electron chi connectivity index (χ3n) is 5.53. The van der Waals surface area contributed by atoms with Crippen LogP contribution in [0.4, 0.5) is 10.6 Å². The van der Waals surface area contributed by atoms with Crippen LogP contribution in [-0.2, 0) is 27.3 Å². The Morgan fingerprint density at radius 1 is 0.975 bits per heavy atom. The van der Waals surface area contributed by atoms with Crippen LogP contribution in [0.25, 0.3) is 0 Å². The molecular formula is C29H31Cl2N3O6. The highest BCUT2D eigenvalue weighted by molar-refractivity contribution is 6.39. The predicted octanol–water partition coefficient (Wildman–Crippen LogP) is 5.85. The molecule has 0 radical (unpaired) electrons. The highest BCUT2D eigenvalue weighted by Gasteiger charge is 2.25. The van der Waals surface area contributed by atoms with Crippen molar-refractivity contribution in [3.8, 4) is 5.75 Å². The second-order valence-electron chi connectivity index (χ2n) is 9.81. The Labute approximate surface area is 243 Å². The van der Waals surface area contributed by atoms with Gasteiger partial charge < -0.3 is 19.5 Å². The molecule has 0 saturated heterocycles. The van der Waals surface area contributed by atoms with Crippen LogP contribution >= 0.6 is 23.2 Å². The first-order chi connectivity index (χ1) is 18.9. The van der Waals surface area contributed by atoms with Gasteiger partial charge in [-0.05, 0) is 62.7 Å². The van der Waals surface area contributed by atoms with Gasteiger partial charge in [-0.15, -0.1) is 0 Å². The van der Waals surface area contributed by atoms with Gasteiger partial charge in [0.25, 0.3) is 5.91 Å². The minimum atomic E-state index is -0.967. The fraction of sp³-hybridized carbons (Fsp3) is 0.310. The van der Waals surface area contributed by atoms with Crippen molar-refractivity contribution in [2.45, 2.75) is 45.4 Å². The molecule has 0 unspecified atom stereocenters. The SMILES string of the molecule is COC(=O)[C@H](Cc1ccc(OCc2cccc(N(C)C(=O)OC(C)(C)C)n2)cc1)NC(=O)c1c(Cl)cccc1Cl. The number of amides is 2. The van der Waals surface area contributed by atoms with Gasteiger partial charge in [0.05, 0.1) is 28.4 Å². The average Bonchev–Trinajstić information content (AvgIpc) is 2.90. The molecule has 1 atom stereocenters. The molecule has 0 aliphatic rings. The number of carbonyl (C=O) groups is 3. The summed E-state index contributed by atoms with van der Waals surface area (Å²) >= 11 is 12.3. The van der Waals surface area contributed by atoms with Gasteiger partial charge in [0.2, 0.25) is 0 Å². The second kappa shape index (κ2) is 13.5. The number of methoxy groups -OCH3 is 1. The number of benzene rings is 2. The summed E-state index contributed by atoms with van der Waals surface area (Å²) in [6, 6.07) is 16.1. The molecule has 0 saturated carbocycles. The zero-order valence-corrected chi connectivity index (χ0v) is 24.4. The van der Waals surface area contributed by atoms with E-state index in [1.165, 1.54) is 12.0 Å². The number of nitrogens with zero attached hydrogens (tertiary/aromatic N) is 2. The monoisotopic (exact) mass is 587 g/mol. The van der Waals surface area contributed by atoms with Crippen molar-refractivity contribution in [3.63, 3.8) is 0 Å². The van der Waals surface area contributed by atoms with Crippen molar-refractivity contribution in [1.29, 1.82) is 0 Å². The van der Waals surface area contributed by atoms with Crippen molar-refractivity contribution in [2.75, 3.05) is 19.1 Å². The molecule has 3 aromatic rings. The Morgan fingerprint density at radius 3 is 2.20 bits per heavy atom. The molecule has 212 valence electrons. The summed E-state index contributed by atoms with van der Waals surface area (Å²) in [4.78, 5) is 43.4. The highest BCUT2D eigenvalue weighted by Crippen LogP contribution is 2.24. The maximum atomic E-state index is 12.8. The van der Waals surface area contributed by atoms with Gasteiger partial charge >= 0.3 is 12.1 Å². The van der Waals surface area contributed by atoms with E-state index in [1.807, 2.05) is 0 Å². The van der Waals surface area contributed by atoms with Crippen LogP contribution in [0.3, 0.4) is 0 Å². The number of nitrogens with one attached hydrogen (secondary N) is 1. The molecule has 1 aromatic heterocycles. The zero-order valence-electron chi connectivity index (χ0n) is 22.9. The summed E-state index contributed by atoms with van der Waals surface area (Å²) in [5.74, 6) is -0.199. The number of carbonyl (C=O) groups excluding carboxylic acids is 3. The fourth-order valence-electron chi connectivity index (χ4n) is 3.55. The second-order valence-corrected chi connectivity index (χ2v) is 10.6. The van der Waals surface area contributed by atoms with E-state index in [0.717, 1.165) is 5.56 Å². The standard InChI is InChI=1S/C29H31Cl2N3O6/c1-29(2,3)40-28(37)34(4)24-11-6-8-19(32-24)17-39-20-14-12-18(13-15-20)16-23(27(36)38-5)33-26(35)25-21(30)9-7-10-22(25)31/h6-15,23H,16-17H2,1-5H3,(H,33,35)/t23-/m0/s1. The lowest BCUT2D eigenvalue weighted by molar-refractivity contribution is -0.142. The highest BCUT2D eigenvalue weighted by atomic mass is 35.5. The molecule has 0 aliphatic carbocycles. The van der Waals surface area contributed by atoms with Gasteiger partial charge in [-0.1, -0.05) is 47.5 Å². The molecule has 3 rings (SSSR count). The minimum Gasteiger partial charge on any atom is -0.487 e. The topological polar surface area (TPSA) is 107 Å². The normalized spacial score (nSPS) is 11.8. The summed E-state index contributed by atoms with van der Waals surface area (Å²) in [6.07, 6.45) is -0.341. The molecule has 0 bridgehead atoms. The third kappa shape index (κ3) is 8.59. The average molecular weight is 588 g/mol. The Bertz CT molecular complexity index is 1340. The number of rotatable bonds is 9. The number of anilines is 1. The van der Waals surface area contributed by atoms with Crippen molar-refractivity contribution >= 4 is 47.0 Å². The smallest absolute Gasteiger partial charge is 0.415 e. The van der Waals surface area contributed by atoms with Crippen molar-refractivity contribution in [1.82, 2.24) is 10.3 Å². The Balaban J connectivity index is 1.63. The molecule has 2 aromatic carbocycles. The molecule has 40 heavy (non-hydrogen) atoms. The van der Waals surface area contributed by atoms with Gasteiger partial charge in [-0.3, -0.25) is 9.69 Å². The van der Waals surface area contributed by atoms with Gasteiger partial charge in [-0.2, -0.15) is 0 Å². The summed E-state index contributed by atoms with van der Waals surface area (Å²) in [5.41, 5.74) is 0.832. The summed E-state index contributed by atoms with van der Waals surface area (Å²) in [5, 5.41) is 3.00. The van der Waals surface area contributed by atoms with E-state index < -0.39 is 29.6 Å². The maximum Gasteiger partial charge on any atom is 0.415 e. The fourth-order valence-corrected chi connectivity index (χ4v) is 4.12. The summed E-state index contributed by atoms with van der Waals surface area (Å²) in [6.45, 7) is 5.55. The molecule has 9 nitrogen and oxygen atoms in total. The van der Waals surface area contributed by atoms with Crippen LogP contribution in [0.15, 0.2) is 60.7 Å². The van der Waals surface area contributed by atoms with Crippen molar-refractivity contribution in [2.24, 2.45) is 0 Å². The molecule has 1 heterocycles. The molecule has 0 fully saturated rings. The first-order valence-corrected chi connectivity index (χ1v) is 13.1. The first-order valence-electron chi connectivity index (χ1n) is 12.3. The van der Waals surface area contributed by atoms with E-state index in [9.17, 15) is 14.4 Å². The number of halogens is 2. The Morgan fingerprint density at radius 2 is 1.60 bits per heavy atom. The molecule has 0 aliphatic heterocycles. The Hall–Kier alpha value is -3.82. The van der Waals surface area contributed by atoms with E-state index in [2.05, 4.69) is 10.3 Å². The van der Waals surface area contributed by atoms with Gasteiger partial charge in [-0.25, -0.2) is 14.6 Å². The first kappa shape index (κ1) is 30.7. The zero-order chi connectivity index (χ0) is 29.4. The number of aromatic nitrogens is 1. The lowest BCUT2D eigenvalue weighted by Gasteiger charge is -2.24. The van der Waals surface area contributed by atoms with Crippen LogP contribution in [0.5, 0.6) is 5.75 Å². The van der Waals surface area contributed by atoms with E-state index >= 15 is 0 Å². The molecule has 1 N–H and O–H groups in total. The molecule has 2 amide bonds. The van der Waals surface area contributed by atoms with E-state index in [0.29, 0.717) is 17.3 Å². The number of ether oxygens (including phenoxy) is 3. The van der Waals surface area contributed by atoms with Crippen LogP contribution < -0.4 is 15.0 Å². The van der Waals surface area contributed by atoms with Gasteiger partial charge in [0.15, 0.2) is 0 Å². The number of esters is 1. The van der Waals surface area contributed by atoms with Crippen molar-refractivity contribution in [3.05, 3.63) is 87.5 Å². The van der Waals surface area contributed by atoms with E-state index in [-0.39, 0.29) is 28.6 Å². The number of hydrogen-bond acceptors (Lipinski definition) is 7. The number of hydrogen-bond donors (Lipinski definition) is 1. The van der Waals surface area contributed by atoms with E-state index in [1.54, 1.807) is 88.5 Å². The Kier molecular flexibility index (Phi) is 10.4. The van der Waals surface area contributed by atoms with Crippen LogP contribution in [0.2, 0.25) is 10.0 Å². The van der Waals surface area contributed by atoms with Crippen molar-refractivity contribution < 1.29 is 28.6 Å². The summed E-state index contributed by atoms with van der Waals surface area (Å²) < 4.78 is 16.1. The summed E-state index contributed by atoms with van der Waals surface area (Å²) in [7, 11) is 2.84. The molecule has 11 heteroatoms.